The third kappa shape index (κ3) is 2.51. The number of rotatable bonds is 4. The molecule has 0 spiro atoms. The Bertz CT molecular complexity index is 698. The van der Waals surface area contributed by atoms with Crippen LogP contribution >= 0.6 is 11.6 Å². The highest BCUT2D eigenvalue weighted by Gasteiger charge is 2.38. The topological polar surface area (TPSA) is 50.3 Å². The fourth-order valence-electron chi connectivity index (χ4n) is 2.02. The summed E-state index contributed by atoms with van der Waals surface area (Å²) in [6.45, 7) is 0. The second-order valence-electron chi connectivity index (χ2n) is 4.67. The molecule has 0 amide bonds. The molecule has 0 atom stereocenters. The molecule has 4 nitrogen and oxygen atoms in total. The van der Waals surface area contributed by atoms with Gasteiger partial charge in [-0.1, -0.05) is 17.7 Å². The molecule has 1 aromatic heterocycles. The Morgan fingerprint density at radius 2 is 1.80 bits per heavy atom. The zero-order valence-electron chi connectivity index (χ0n) is 10.6. The Morgan fingerprint density at radius 3 is 2.35 bits per heavy atom. The number of nitrogens with zero attached hydrogens (tertiary/aromatic N) is 2. The van der Waals surface area contributed by atoms with Gasteiger partial charge >= 0.3 is 0 Å². The van der Waals surface area contributed by atoms with Crippen molar-refractivity contribution in [3.05, 3.63) is 53.7 Å². The van der Waals surface area contributed by atoms with E-state index < -0.39 is 10.0 Å². The molecule has 1 fully saturated rings. The maximum absolute atomic E-state index is 12.8. The lowest BCUT2D eigenvalue weighted by Crippen LogP contribution is -2.33. The van der Waals surface area contributed by atoms with E-state index in [-0.39, 0.29) is 10.9 Å². The fourth-order valence-corrected chi connectivity index (χ4v) is 3.81. The molecular weight excluding hydrogens is 296 g/mol. The fraction of sp³-hybridized carbons (Fsp3) is 0.214. The van der Waals surface area contributed by atoms with E-state index in [0.29, 0.717) is 10.8 Å². The summed E-state index contributed by atoms with van der Waals surface area (Å²) >= 11 is 5.81. The normalized spacial score (nSPS) is 15.1. The van der Waals surface area contributed by atoms with Crippen molar-refractivity contribution in [3.8, 4) is 0 Å². The van der Waals surface area contributed by atoms with Crippen molar-refractivity contribution in [3.63, 3.8) is 0 Å². The van der Waals surface area contributed by atoms with Gasteiger partial charge in [0.15, 0.2) is 0 Å². The average molecular weight is 309 g/mol. The number of pyridine rings is 1. The Kier molecular flexibility index (Phi) is 3.40. The quantitative estimate of drug-likeness (QED) is 0.872. The molecule has 6 heteroatoms. The predicted molar refractivity (Wildman–Crippen MR) is 78.4 cm³/mol. The molecule has 0 radical (unpaired) electrons. The van der Waals surface area contributed by atoms with Crippen LogP contribution in [0.4, 0.5) is 5.82 Å². The maximum Gasteiger partial charge on any atom is 0.265 e. The van der Waals surface area contributed by atoms with Crippen LogP contribution in [0.2, 0.25) is 5.02 Å². The van der Waals surface area contributed by atoms with Crippen LogP contribution in [0.15, 0.2) is 53.6 Å². The van der Waals surface area contributed by atoms with E-state index in [9.17, 15) is 8.42 Å². The maximum atomic E-state index is 12.8. The van der Waals surface area contributed by atoms with E-state index in [1.807, 2.05) is 0 Å². The smallest absolute Gasteiger partial charge is 0.247 e. The minimum Gasteiger partial charge on any atom is -0.247 e. The number of hydrogen-bond acceptors (Lipinski definition) is 3. The third-order valence-corrected chi connectivity index (χ3v) is 5.25. The molecule has 0 saturated heterocycles. The molecule has 0 bridgehead atoms. The lowest BCUT2D eigenvalue weighted by molar-refractivity contribution is 0.589. The molecule has 1 aliphatic rings. The van der Waals surface area contributed by atoms with Crippen molar-refractivity contribution in [2.45, 2.75) is 23.8 Å². The molecule has 104 valence electrons. The SMILES string of the molecule is O=S(=O)(c1ccc(Cl)cc1)N(c1ccccn1)C1CC1. The predicted octanol–water partition coefficient (Wildman–Crippen LogP) is 3.09. The molecule has 1 aliphatic carbocycles. The third-order valence-electron chi connectivity index (χ3n) is 3.12. The van der Waals surface area contributed by atoms with Crippen molar-refractivity contribution in [1.82, 2.24) is 4.98 Å². The number of anilines is 1. The van der Waals surface area contributed by atoms with E-state index in [0.717, 1.165) is 12.8 Å². The molecule has 2 aromatic rings. The van der Waals surface area contributed by atoms with Gasteiger partial charge < -0.3 is 0 Å². The van der Waals surface area contributed by atoms with Crippen LogP contribution in [0.1, 0.15) is 12.8 Å². The van der Waals surface area contributed by atoms with Crippen molar-refractivity contribution in [1.29, 1.82) is 0 Å². The highest BCUT2D eigenvalue weighted by atomic mass is 35.5. The van der Waals surface area contributed by atoms with Gasteiger partial charge in [-0.05, 0) is 49.2 Å². The summed E-state index contributed by atoms with van der Waals surface area (Å²) in [5, 5.41) is 0.514. The van der Waals surface area contributed by atoms with E-state index in [4.69, 9.17) is 11.6 Å². The highest BCUT2D eigenvalue weighted by Crippen LogP contribution is 2.35. The molecule has 1 saturated carbocycles. The van der Waals surface area contributed by atoms with E-state index >= 15 is 0 Å². The van der Waals surface area contributed by atoms with Crippen LogP contribution in [-0.2, 0) is 10.0 Å². The van der Waals surface area contributed by atoms with Crippen molar-refractivity contribution >= 4 is 27.4 Å². The number of benzene rings is 1. The molecule has 0 N–H and O–H groups in total. The first-order valence-corrected chi connectivity index (χ1v) is 8.12. The zero-order chi connectivity index (χ0) is 14.2. The minimum absolute atomic E-state index is 0.00516. The van der Waals surface area contributed by atoms with Gasteiger partial charge in [-0.25, -0.2) is 17.7 Å². The summed E-state index contributed by atoms with van der Waals surface area (Å²) in [5.74, 6) is 0.463. The van der Waals surface area contributed by atoms with Crippen LogP contribution < -0.4 is 4.31 Å². The second kappa shape index (κ2) is 5.07. The van der Waals surface area contributed by atoms with Crippen LogP contribution in [0, 0.1) is 0 Å². The van der Waals surface area contributed by atoms with Crippen LogP contribution in [-0.4, -0.2) is 19.4 Å². The van der Waals surface area contributed by atoms with E-state index in [1.165, 1.54) is 16.4 Å². The number of sulfonamides is 1. The molecular formula is C14H13ClN2O2S. The van der Waals surface area contributed by atoms with Crippen molar-refractivity contribution in [2.24, 2.45) is 0 Å². The lowest BCUT2D eigenvalue weighted by atomic mass is 10.4. The Morgan fingerprint density at radius 1 is 1.10 bits per heavy atom. The first kappa shape index (κ1) is 13.4. The first-order valence-electron chi connectivity index (χ1n) is 6.30. The highest BCUT2D eigenvalue weighted by molar-refractivity contribution is 7.92. The summed E-state index contributed by atoms with van der Waals surface area (Å²) in [7, 11) is -3.60. The van der Waals surface area contributed by atoms with Gasteiger partial charge in [0.2, 0.25) is 0 Å². The van der Waals surface area contributed by atoms with Crippen LogP contribution in [0.5, 0.6) is 0 Å². The summed E-state index contributed by atoms with van der Waals surface area (Å²) in [5.41, 5.74) is 0. The Hall–Kier alpha value is -1.59. The van der Waals surface area contributed by atoms with Gasteiger partial charge in [0.1, 0.15) is 5.82 Å². The monoisotopic (exact) mass is 308 g/mol. The van der Waals surface area contributed by atoms with Gasteiger partial charge in [0.25, 0.3) is 10.0 Å². The van der Waals surface area contributed by atoms with Gasteiger partial charge in [-0.3, -0.25) is 0 Å². The van der Waals surface area contributed by atoms with Gasteiger partial charge in [0, 0.05) is 17.3 Å². The van der Waals surface area contributed by atoms with E-state index in [2.05, 4.69) is 4.98 Å². The molecule has 3 rings (SSSR count). The largest absolute Gasteiger partial charge is 0.265 e. The first-order chi connectivity index (χ1) is 9.59. The molecule has 0 unspecified atom stereocenters. The van der Waals surface area contributed by atoms with Gasteiger partial charge in [-0.2, -0.15) is 0 Å². The molecule has 20 heavy (non-hydrogen) atoms. The second-order valence-corrected chi connectivity index (χ2v) is 6.93. The molecule has 0 aliphatic heterocycles. The van der Waals surface area contributed by atoms with Gasteiger partial charge in [-0.15, -0.1) is 0 Å². The van der Waals surface area contributed by atoms with E-state index in [1.54, 1.807) is 36.5 Å². The zero-order valence-corrected chi connectivity index (χ0v) is 12.2. The standard InChI is InChI=1S/C14H13ClN2O2S/c15-11-4-8-13(9-5-11)20(18,19)17(12-6-7-12)14-3-1-2-10-16-14/h1-5,8-10,12H,6-7H2. The Balaban J connectivity index is 2.05. The van der Waals surface area contributed by atoms with Crippen LogP contribution in [0.3, 0.4) is 0 Å². The summed E-state index contributed by atoms with van der Waals surface area (Å²) in [6.07, 6.45) is 3.33. The number of hydrogen-bond donors (Lipinski definition) is 0. The summed E-state index contributed by atoms with van der Waals surface area (Å²) < 4.78 is 26.9. The molecule has 1 aromatic carbocycles. The summed E-state index contributed by atoms with van der Waals surface area (Å²) in [4.78, 5) is 4.41. The summed E-state index contributed by atoms with van der Waals surface area (Å²) in [6, 6.07) is 11.5. The number of aromatic nitrogens is 1. The molecule has 1 heterocycles. The van der Waals surface area contributed by atoms with Crippen LogP contribution in [0.25, 0.3) is 0 Å². The van der Waals surface area contributed by atoms with Crippen molar-refractivity contribution < 1.29 is 8.42 Å². The van der Waals surface area contributed by atoms with Gasteiger partial charge in [0.05, 0.1) is 4.90 Å². The average Bonchev–Trinajstić information content (AvgIpc) is 3.25. The number of halogens is 1. The Labute approximate surface area is 123 Å². The minimum atomic E-state index is -3.60. The van der Waals surface area contributed by atoms with Crippen molar-refractivity contribution in [2.75, 3.05) is 4.31 Å². The lowest BCUT2D eigenvalue weighted by Gasteiger charge is -2.23.